The van der Waals surface area contributed by atoms with Crippen molar-refractivity contribution in [3.05, 3.63) is 158 Å². The molecule has 4 heterocycles. The van der Waals surface area contributed by atoms with E-state index in [4.69, 9.17) is 10.2 Å². The van der Waals surface area contributed by atoms with E-state index in [2.05, 4.69) is 161 Å². The molecule has 0 aliphatic rings. The molecule has 11 rings (SSSR count). The van der Waals surface area contributed by atoms with E-state index < -0.39 is 0 Å². The highest BCUT2D eigenvalue weighted by Crippen LogP contribution is 2.46. The quantitative estimate of drug-likeness (QED) is 0.199. The van der Waals surface area contributed by atoms with Gasteiger partial charge in [-0.3, -0.25) is 4.57 Å². The Morgan fingerprint density at radius 1 is 0.354 bits per heavy atom. The molecule has 0 saturated heterocycles. The highest BCUT2D eigenvalue weighted by molar-refractivity contribution is 6.34. The fourth-order valence-electron chi connectivity index (χ4n) is 8.10. The molecule has 4 aromatic heterocycles. The third kappa shape index (κ3) is 3.33. The Kier molecular flexibility index (Phi) is 5.08. The van der Waals surface area contributed by atoms with Crippen molar-refractivity contribution in [3.63, 3.8) is 0 Å². The van der Waals surface area contributed by atoms with Gasteiger partial charge in [0.05, 0.1) is 27.6 Å². The third-order valence-corrected chi connectivity index (χ3v) is 10.1. The van der Waals surface area contributed by atoms with Gasteiger partial charge >= 0.3 is 0 Å². The zero-order valence-corrected chi connectivity index (χ0v) is 25.8. The normalized spacial score (nSPS) is 12.2. The molecule has 0 unspecified atom stereocenters. The second kappa shape index (κ2) is 9.50. The summed E-state index contributed by atoms with van der Waals surface area (Å²) in [6.45, 7) is 0. The smallest absolute Gasteiger partial charge is 0.168 e. The van der Waals surface area contributed by atoms with Crippen LogP contribution in [0, 0.1) is 0 Å². The highest BCUT2D eigenvalue weighted by Gasteiger charge is 2.25. The van der Waals surface area contributed by atoms with Crippen molar-refractivity contribution in [2.24, 2.45) is 0 Å². The zero-order chi connectivity index (χ0) is 31.3. The van der Waals surface area contributed by atoms with Gasteiger partial charge in [0.15, 0.2) is 5.82 Å². The molecular weight excluding hydrogens is 585 g/mol. The summed E-state index contributed by atoms with van der Waals surface area (Å²) in [5.41, 5.74) is 10.3. The molecule has 0 aliphatic carbocycles. The Morgan fingerprint density at radius 2 is 0.875 bits per heavy atom. The van der Waals surface area contributed by atoms with Crippen molar-refractivity contribution in [2.75, 3.05) is 0 Å². The Hall–Kier alpha value is -6.52. The van der Waals surface area contributed by atoms with Crippen LogP contribution in [0.5, 0.6) is 0 Å². The number of para-hydroxylation sites is 3. The molecule has 11 aromatic rings. The minimum Gasteiger partial charge on any atom is -0.308 e. The van der Waals surface area contributed by atoms with Crippen LogP contribution in [0.25, 0.3) is 98.9 Å². The minimum absolute atomic E-state index is 0.837. The topological polar surface area (TPSA) is 35.1 Å². The number of nitrogens with zero attached hydrogens (tertiary/aromatic N) is 4. The van der Waals surface area contributed by atoms with Crippen molar-refractivity contribution in [1.29, 1.82) is 0 Å². The Labute approximate surface area is 275 Å². The molecule has 0 atom stereocenters. The third-order valence-electron chi connectivity index (χ3n) is 10.1. The molecule has 0 aliphatic heterocycles. The lowest BCUT2D eigenvalue weighted by Gasteiger charge is -2.13. The van der Waals surface area contributed by atoms with E-state index in [0.29, 0.717) is 0 Å². The maximum absolute atomic E-state index is 5.08. The zero-order valence-electron chi connectivity index (χ0n) is 25.8. The van der Waals surface area contributed by atoms with Gasteiger partial charge in [-0.25, -0.2) is 0 Å². The number of hydrogen-bond acceptors (Lipinski definition) is 2. The van der Waals surface area contributed by atoms with Gasteiger partial charge in [-0.05, 0) is 35.4 Å². The number of rotatable bonds is 3. The lowest BCUT2D eigenvalue weighted by Crippen LogP contribution is -2.02. The maximum atomic E-state index is 5.08. The van der Waals surface area contributed by atoms with Crippen molar-refractivity contribution < 1.29 is 0 Å². The molecule has 0 bridgehead atoms. The summed E-state index contributed by atoms with van der Waals surface area (Å²) in [4.78, 5) is 0. The summed E-state index contributed by atoms with van der Waals surface area (Å²) in [6, 6.07) is 56.4. The summed E-state index contributed by atoms with van der Waals surface area (Å²) in [5.74, 6) is 0.837. The SMILES string of the molecule is c1ccc(-c2ccc(-c3nnc(-n4c5ccccc5c5cc6c7ccccc7n7c8ccccc8c(c54)c67)c4ccccc34)cc2)cc1. The summed E-state index contributed by atoms with van der Waals surface area (Å²) in [7, 11) is 0. The van der Waals surface area contributed by atoms with E-state index >= 15 is 0 Å². The molecule has 4 heteroatoms. The first kappa shape index (κ1) is 25.6. The maximum Gasteiger partial charge on any atom is 0.168 e. The van der Waals surface area contributed by atoms with E-state index in [1.54, 1.807) is 0 Å². The summed E-state index contributed by atoms with van der Waals surface area (Å²) < 4.78 is 4.81. The predicted molar refractivity (Wildman–Crippen MR) is 199 cm³/mol. The molecule has 0 N–H and O–H groups in total. The van der Waals surface area contributed by atoms with Gasteiger partial charge in [0, 0.05) is 48.7 Å². The second-order valence-electron chi connectivity index (χ2n) is 12.6. The fraction of sp³-hybridized carbons (Fsp3) is 0. The van der Waals surface area contributed by atoms with Crippen LogP contribution >= 0.6 is 0 Å². The lowest BCUT2D eigenvalue weighted by atomic mass is 10.0. The Bertz CT molecular complexity index is 3040. The molecule has 0 fully saturated rings. The summed E-state index contributed by atoms with van der Waals surface area (Å²) in [6.07, 6.45) is 0. The average molecular weight is 611 g/mol. The summed E-state index contributed by atoms with van der Waals surface area (Å²) >= 11 is 0. The first-order valence-corrected chi connectivity index (χ1v) is 16.4. The van der Waals surface area contributed by atoms with Crippen molar-refractivity contribution in [1.82, 2.24) is 19.2 Å². The Morgan fingerprint density at radius 3 is 1.62 bits per heavy atom. The van der Waals surface area contributed by atoms with Crippen LogP contribution in [0.2, 0.25) is 0 Å². The molecule has 4 nitrogen and oxygen atoms in total. The molecule has 0 saturated carbocycles. The van der Waals surface area contributed by atoms with Crippen LogP contribution in [-0.4, -0.2) is 19.2 Å². The number of fused-ring (bicyclic) bond motifs is 11. The van der Waals surface area contributed by atoms with Crippen LogP contribution in [0.3, 0.4) is 0 Å². The summed E-state index contributed by atoms with van der Waals surface area (Å²) in [5, 5.41) is 19.7. The van der Waals surface area contributed by atoms with E-state index in [1.807, 2.05) is 6.07 Å². The van der Waals surface area contributed by atoms with E-state index in [0.717, 1.165) is 38.9 Å². The van der Waals surface area contributed by atoms with Gasteiger partial charge in [0.25, 0.3) is 0 Å². The Balaban J connectivity index is 1.25. The molecule has 7 aromatic carbocycles. The number of aromatic nitrogens is 4. The minimum atomic E-state index is 0.837. The van der Waals surface area contributed by atoms with Crippen LogP contribution in [0.1, 0.15) is 0 Å². The van der Waals surface area contributed by atoms with E-state index in [-0.39, 0.29) is 0 Å². The van der Waals surface area contributed by atoms with Crippen molar-refractivity contribution in [3.8, 4) is 28.2 Å². The van der Waals surface area contributed by atoms with Gasteiger partial charge in [-0.1, -0.05) is 133 Å². The van der Waals surface area contributed by atoms with Crippen molar-refractivity contribution >= 4 is 70.7 Å². The first-order chi connectivity index (χ1) is 23.8. The molecular formula is C44H26N4. The van der Waals surface area contributed by atoms with Crippen LogP contribution < -0.4 is 0 Å². The molecule has 48 heavy (non-hydrogen) atoms. The molecule has 0 spiro atoms. The highest BCUT2D eigenvalue weighted by atomic mass is 15.2. The second-order valence-corrected chi connectivity index (χ2v) is 12.6. The predicted octanol–water partition coefficient (Wildman–Crippen LogP) is 11.2. The lowest BCUT2D eigenvalue weighted by molar-refractivity contribution is 0.978. The largest absolute Gasteiger partial charge is 0.308 e. The fourth-order valence-corrected chi connectivity index (χ4v) is 8.10. The number of hydrogen-bond donors (Lipinski definition) is 0. The first-order valence-electron chi connectivity index (χ1n) is 16.4. The number of benzene rings is 7. The van der Waals surface area contributed by atoms with Crippen LogP contribution in [0.4, 0.5) is 0 Å². The van der Waals surface area contributed by atoms with Crippen molar-refractivity contribution in [2.45, 2.75) is 0 Å². The molecule has 0 radical (unpaired) electrons. The van der Waals surface area contributed by atoms with Gasteiger partial charge < -0.3 is 4.40 Å². The van der Waals surface area contributed by atoms with Gasteiger partial charge in [0.1, 0.15) is 5.69 Å². The van der Waals surface area contributed by atoms with Gasteiger partial charge in [-0.15, -0.1) is 10.2 Å². The van der Waals surface area contributed by atoms with E-state index in [1.165, 1.54) is 60.0 Å². The van der Waals surface area contributed by atoms with Crippen LogP contribution in [0.15, 0.2) is 158 Å². The van der Waals surface area contributed by atoms with Gasteiger partial charge in [-0.2, -0.15) is 0 Å². The molecule has 222 valence electrons. The van der Waals surface area contributed by atoms with Crippen LogP contribution in [-0.2, 0) is 0 Å². The van der Waals surface area contributed by atoms with Gasteiger partial charge in [0.2, 0.25) is 0 Å². The average Bonchev–Trinajstić information content (AvgIpc) is 3.79. The molecule has 0 amide bonds. The standard InChI is InChI=1S/C44H26N4/c1-2-12-27(13-3-1)28-22-24-29(25-23-28)41-32-16-4-5-17-33(32)44(46-45-41)48-38-20-10-7-15-31(38)36-26-35-30-14-6-9-19-37(30)47-39-21-11-8-18-34(39)40(42(35)47)43(36)48/h1-26H. The monoisotopic (exact) mass is 610 g/mol. The van der Waals surface area contributed by atoms with E-state index in [9.17, 15) is 0 Å².